The van der Waals surface area contributed by atoms with Gasteiger partial charge in [0.15, 0.2) is 10.9 Å². The minimum atomic E-state index is -4.53. The molecule has 8 heteroatoms. The summed E-state index contributed by atoms with van der Waals surface area (Å²) in [5.74, 6) is 0.710. The molecule has 0 unspecified atom stereocenters. The summed E-state index contributed by atoms with van der Waals surface area (Å²) >= 11 is 1.07. The third-order valence-electron chi connectivity index (χ3n) is 2.12. The van der Waals surface area contributed by atoms with Gasteiger partial charge < -0.3 is 10.2 Å². The van der Waals surface area contributed by atoms with Gasteiger partial charge in [-0.2, -0.15) is 13.2 Å². The normalized spacial score (nSPS) is 11.8. The predicted octanol–water partition coefficient (Wildman–Crippen LogP) is 2.81. The number of nitrogens with two attached hydrogens (primary N) is 1. The number of hydrogen-bond donors (Lipinski definition) is 1. The Kier molecular flexibility index (Phi) is 4.11. The van der Waals surface area contributed by atoms with Crippen molar-refractivity contribution in [3.05, 3.63) is 30.2 Å². The van der Waals surface area contributed by atoms with Crippen LogP contribution in [-0.4, -0.2) is 22.3 Å². The van der Waals surface area contributed by atoms with Gasteiger partial charge in [0, 0.05) is 12.3 Å². The monoisotopic (exact) mass is 289 g/mol. The van der Waals surface area contributed by atoms with Crippen LogP contribution in [0.2, 0.25) is 0 Å². The number of aromatic nitrogens is 2. The van der Waals surface area contributed by atoms with Crippen molar-refractivity contribution in [2.45, 2.75) is 11.3 Å². The van der Waals surface area contributed by atoms with Crippen LogP contribution in [0.3, 0.4) is 0 Å². The first-order valence-electron chi connectivity index (χ1n) is 5.33. The Hall–Kier alpha value is -1.54. The molecule has 0 amide bonds. The van der Waals surface area contributed by atoms with Gasteiger partial charge in [0.1, 0.15) is 11.4 Å². The highest BCUT2D eigenvalue weighted by molar-refractivity contribution is 7.99. The maximum absolute atomic E-state index is 12.8. The molecule has 2 heterocycles. The average molecular weight is 289 g/mol. The van der Waals surface area contributed by atoms with Crippen LogP contribution in [-0.2, 0) is 6.18 Å². The van der Waals surface area contributed by atoms with Crippen molar-refractivity contribution < 1.29 is 17.6 Å². The zero-order chi connectivity index (χ0) is 13.9. The third-order valence-corrected chi connectivity index (χ3v) is 3.00. The molecule has 0 fully saturated rings. The summed E-state index contributed by atoms with van der Waals surface area (Å²) in [6.07, 6.45) is -3.15. The highest BCUT2D eigenvalue weighted by Crippen LogP contribution is 2.31. The largest absolute Gasteiger partial charge is 0.463 e. The van der Waals surface area contributed by atoms with Crippen molar-refractivity contribution in [1.82, 2.24) is 9.97 Å². The average Bonchev–Trinajstić information content (AvgIpc) is 2.89. The molecule has 0 saturated heterocycles. The van der Waals surface area contributed by atoms with E-state index in [0.717, 1.165) is 17.8 Å². The summed E-state index contributed by atoms with van der Waals surface area (Å²) < 4.78 is 43.3. The molecule has 2 aromatic rings. The van der Waals surface area contributed by atoms with Crippen LogP contribution in [0.25, 0.3) is 11.5 Å². The Balaban J connectivity index is 2.43. The van der Waals surface area contributed by atoms with E-state index in [2.05, 4.69) is 9.97 Å². The third kappa shape index (κ3) is 3.48. The summed E-state index contributed by atoms with van der Waals surface area (Å²) in [5.41, 5.74) is 4.43. The van der Waals surface area contributed by atoms with Crippen molar-refractivity contribution in [2.75, 3.05) is 12.3 Å². The number of alkyl halides is 3. The van der Waals surface area contributed by atoms with Crippen LogP contribution in [0.5, 0.6) is 0 Å². The topological polar surface area (TPSA) is 64.9 Å². The molecule has 102 valence electrons. The molecule has 0 aliphatic heterocycles. The molecule has 2 aromatic heterocycles. The fourth-order valence-electron chi connectivity index (χ4n) is 1.34. The summed E-state index contributed by atoms with van der Waals surface area (Å²) in [5, 5.41) is 0.0340. The minimum absolute atomic E-state index is 0.0340. The second kappa shape index (κ2) is 5.62. The van der Waals surface area contributed by atoms with Crippen molar-refractivity contribution in [1.29, 1.82) is 0 Å². The Labute approximate surface area is 111 Å². The SMILES string of the molecule is NCCSc1nc(-c2ccco2)cc(C(F)(F)F)n1. The second-order valence-electron chi connectivity index (χ2n) is 3.53. The first-order valence-corrected chi connectivity index (χ1v) is 6.32. The molecule has 0 saturated carbocycles. The first-order chi connectivity index (χ1) is 9.00. The highest BCUT2D eigenvalue weighted by Gasteiger charge is 2.34. The molecule has 0 bridgehead atoms. The maximum Gasteiger partial charge on any atom is 0.433 e. The van der Waals surface area contributed by atoms with E-state index in [1.54, 1.807) is 12.1 Å². The fraction of sp³-hybridized carbons (Fsp3) is 0.273. The molecule has 2 rings (SSSR count). The lowest BCUT2D eigenvalue weighted by Crippen LogP contribution is -2.10. The standard InChI is InChI=1S/C11H10F3N3OS/c12-11(13,14)9-6-7(8-2-1-4-18-8)16-10(17-9)19-5-3-15/h1-2,4,6H,3,5,15H2. The van der Waals surface area contributed by atoms with Gasteiger partial charge in [-0.1, -0.05) is 11.8 Å². The lowest BCUT2D eigenvalue weighted by atomic mass is 10.2. The fourth-order valence-corrected chi connectivity index (χ4v) is 1.96. The molecule has 0 spiro atoms. The Morgan fingerprint density at radius 3 is 2.68 bits per heavy atom. The van der Waals surface area contributed by atoms with E-state index in [-0.39, 0.29) is 16.6 Å². The van der Waals surface area contributed by atoms with E-state index < -0.39 is 11.9 Å². The molecule has 0 aliphatic carbocycles. The Morgan fingerprint density at radius 1 is 1.32 bits per heavy atom. The number of hydrogen-bond acceptors (Lipinski definition) is 5. The van der Waals surface area contributed by atoms with Crippen LogP contribution in [0, 0.1) is 0 Å². The number of nitrogens with zero attached hydrogens (tertiary/aromatic N) is 2. The summed E-state index contributed by atoms with van der Waals surface area (Å²) in [4.78, 5) is 7.51. The van der Waals surface area contributed by atoms with Crippen molar-refractivity contribution in [2.24, 2.45) is 5.73 Å². The van der Waals surface area contributed by atoms with Crippen LogP contribution >= 0.6 is 11.8 Å². The number of rotatable bonds is 4. The van der Waals surface area contributed by atoms with E-state index >= 15 is 0 Å². The molecule has 0 radical (unpaired) electrons. The van der Waals surface area contributed by atoms with E-state index in [1.807, 2.05) is 0 Å². The van der Waals surface area contributed by atoms with Crippen LogP contribution in [0.4, 0.5) is 13.2 Å². The van der Waals surface area contributed by atoms with Gasteiger partial charge in [0.05, 0.1) is 6.26 Å². The summed E-state index contributed by atoms with van der Waals surface area (Å²) in [6.45, 7) is 0.334. The van der Waals surface area contributed by atoms with Gasteiger partial charge in [0.2, 0.25) is 0 Å². The minimum Gasteiger partial charge on any atom is -0.463 e. The Bertz CT molecular complexity index is 543. The zero-order valence-corrected chi connectivity index (χ0v) is 10.5. The quantitative estimate of drug-likeness (QED) is 0.692. The van der Waals surface area contributed by atoms with E-state index in [9.17, 15) is 13.2 Å². The summed E-state index contributed by atoms with van der Waals surface area (Å²) in [7, 11) is 0. The van der Waals surface area contributed by atoms with Crippen LogP contribution in [0.15, 0.2) is 34.0 Å². The number of halogens is 3. The molecule has 2 N–H and O–H groups in total. The second-order valence-corrected chi connectivity index (χ2v) is 4.60. The molecular formula is C11H10F3N3OS. The van der Waals surface area contributed by atoms with Crippen molar-refractivity contribution in [3.8, 4) is 11.5 Å². The van der Waals surface area contributed by atoms with Gasteiger partial charge in [-0.25, -0.2) is 9.97 Å². The van der Waals surface area contributed by atoms with Gasteiger partial charge in [0.25, 0.3) is 0 Å². The van der Waals surface area contributed by atoms with Crippen molar-refractivity contribution >= 4 is 11.8 Å². The highest BCUT2D eigenvalue weighted by atomic mass is 32.2. The predicted molar refractivity (Wildman–Crippen MR) is 64.5 cm³/mol. The van der Waals surface area contributed by atoms with E-state index in [0.29, 0.717) is 12.3 Å². The summed E-state index contributed by atoms with van der Waals surface area (Å²) in [6, 6.07) is 3.99. The molecule has 0 aromatic carbocycles. The van der Waals surface area contributed by atoms with Gasteiger partial charge in [-0.05, 0) is 18.2 Å². The Morgan fingerprint density at radius 2 is 2.11 bits per heavy atom. The van der Waals surface area contributed by atoms with Crippen molar-refractivity contribution in [3.63, 3.8) is 0 Å². The van der Waals surface area contributed by atoms with E-state index in [1.165, 1.54) is 6.26 Å². The van der Waals surface area contributed by atoms with Gasteiger partial charge in [-0.3, -0.25) is 0 Å². The molecule has 4 nitrogen and oxygen atoms in total. The lowest BCUT2D eigenvalue weighted by Gasteiger charge is -2.09. The molecule has 19 heavy (non-hydrogen) atoms. The van der Waals surface area contributed by atoms with E-state index in [4.69, 9.17) is 10.2 Å². The molecular weight excluding hydrogens is 279 g/mol. The number of thioether (sulfide) groups is 1. The molecule has 0 aliphatic rings. The van der Waals surface area contributed by atoms with Gasteiger partial charge in [-0.15, -0.1) is 0 Å². The smallest absolute Gasteiger partial charge is 0.433 e. The van der Waals surface area contributed by atoms with Gasteiger partial charge >= 0.3 is 6.18 Å². The van der Waals surface area contributed by atoms with Crippen LogP contribution in [0.1, 0.15) is 5.69 Å². The maximum atomic E-state index is 12.8. The molecule has 0 atom stereocenters. The lowest BCUT2D eigenvalue weighted by molar-refractivity contribution is -0.141. The first kappa shape index (κ1) is 13.9. The zero-order valence-electron chi connectivity index (χ0n) is 9.65. The van der Waals surface area contributed by atoms with Crippen LogP contribution < -0.4 is 5.73 Å². The number of furan rings is 1.